The number of halogens is 3. The van der Waals surface area contributed by atoms with Gasteiger partial charge in [-0.25, -0.2) is 9.97 Å². The lowest BCUT2D eigenvalue weighted by Crippen LogP contribution is -2.49. The Hall–Kier alpha value is -4.89. The number of piperazine rings is 1. The number of amides is 1. The fraction of sp³-hybridized carbons (Fsp3) is 0.233. The van der Waals surface area contributed by atoms with Gasteiger partial charge in [-0.1, -0.05) is 22.7 Å². The van der Waals surface area contributed by atoms with Crippen LogP contribution in [0.25, 0.3) is 0 Å². The van der Waals surface area contributed by atoms with E-state index in [1.54, 1.807) is 36.7 Å². The Labute approximate surface area is 257 Å². The molecule has 5 rings (SSSR count). The van der Waals surface area contributed by atoms with E-state index in [2.05, 4.69) is 29.8 Å². The number of rotatable bonds is 11. The molecule has 45 heavy (non-hydrogen) atoms. The van der Waals surface area contributed by atoms with Gasteiger partial charge in [0.2, 0.25) is 5.95 Å². The number of carbonyl (C=O) groups excluding carboxylic acids is 1. The van der Waals surface area contributed by atoms with Crippen LogP contribution >= 0.6 is 0 Å². The quantitative estimate of drug-likeness (QED) is 0.241. The van der Waals surface area contributed by atoms with Crippen molar-refractivity contribution in [2.24, 2.45) is 0 Å². The summed E-state index contributed by atoms with van der Waals surface area (Å²) in [5.74, 6) is -0.197. The van der Waals surface area contributed by atoms with Gasteiger partial charge in [-0.05, 0) is 66.7 Å². The third-order valence-electron chi connectivity index (χ3n) is 6.77. The van der Waals surface area contributed by atoms with Gasteiger partial charge in [0.25, 0.3) is 15.9 Å². The smallest absolute Gasteiger partial charge is 0.406 e. The van der Waals surface area contributed by atoms with E-state index in [1.807, 2.05) is 0 Å². The second-order valence-electron chi connectivity index (χ2n) is 9.84. The van der Waals surface area contributed by atoms with Crippen molar-refractivity contribution < 1.29 is 36.0 Å². The van der Waals surface area contributed by atoms with Crippen molar-refractivity contribution in [2.45, 2.75) is 11.3 Å². The molecule has 3 aromatic carbocycles. The maximum Gasteiger partial charge on any atom is 0.573 e. The van der Waals surface area contributed by atoms with Gasteiger partial charge in [-0.2, -0.15) is 8.42 Å². The van der Waals surface area contributed by atoms with Crippen LogP contribution in [0.2, 0.25) is 0 Å². The summed E-state index contributed by atoms with van der Waals surface area (Å²) >= 11 is 0. The highest BCUT2D eigenvalue weighted by atomic mass is 32.2. The highest BCUT2D eigenvalue weighted by Crippen LogP contribution is 2.29. The van der Waals surface area contributed by atoms with Gasteiger partial charge in [0.1, 0.15) is 5.75 Å². The van der Waals surface area contributed by atoms with Gasteiger partial charge < -0.3 is 19.8 Å². The Balaban J connectivity index is 1.19. The highest BCUT2D eigenvalue weighted by Gasteiger charge is 2.31. The van der Waals surface area contributed by atoms with Crippen LogP contribution in [-0.2, 0) is 10.0 Å². The lowest BCUT2D eigenvalue weighted by Gasteiger charge is -2.34. The van der Waals surface area contributed by atoms with Gasteiger partial charge in [0.15, 0.2) is 5.75 Å². The Morgan fingerprint density at radius 3 is 2.09 bits per heavy atom. The van der Waals surface area contributed by atoms with Gasteiger partial charge in [-0.3, -0.25) is 9.69 Å². The molecule has 0 saturated carbocycles. The average Bonchev–Trinajstić information content (AvgIpc) is 3.05. The van der Waals surface area contributed by atoms with Crippen molar-refractivity contribution in [3.8, 4) is 11.5 Å². The second-order valence-corrected chi connectivity index (χ2v) is 11.6. The molecule has 0 aliphatic carbocycles. The zero-order chi connectivity index (χ0) is 31.9. The number of alkyl halides is 3. The first-order valence-corrected chi connectivity index (χ1v) is 15.3. The SMILES string of the molecule is O=C(NCCN1CCN(c2ncccn2)CC1)c1ccc(S(=O)(=O)N(Oc2ccc(OC(F)(F)F)cc2)c2ccccc2)cc1. The summed E-state index contributed by atoms with van der Waals surface area (Å²) in [6.45, 7) is 4.20. The number of aromatic nitrogens is 2. The monoisotopic (exact) mass is 642 g/mol. The molecule has 4 aromatic rings. The van der Waals surface area contributed by atoms with Gasteiger partial charge in [0, 0.05) is 57.2 Å². The van der Waals surface area contributed by atoms with Crippen LogP contribution in [0.3, 0.4) is 0 Å². The number of carbonyl (C=O) groups is 1. The van der Waals surface area contributed by atoms with Crippen LogP contribution in [-0.4, -0.2) is 74.8 Å². The zero-order valence-electron chi connectivity index (χ0n) is 23.8. The maximum absolute atomic E-state index is 13.6. The lowest BCUT2D eigenvalue weighted by atomic mass is 10.2. The normalized spacial score (nSPS) is 14.1. The molecule has 236 valence electrons. The second kappa shape index (κ2) is 13.8. The first-order valence-electron chi connectivity index (χ1n) is 13.9. The molecule has 1 saturated heterocycles. The molecule has 1 amide bonds. The number of anilines is 2. The highest BCUT2D eigenvalue weighted by molar-refractivity contribution is 7.92. The number of ether oxygens (including phenoxy) is 1. The van der Waals surface area contributed by atoms with E-state index in [4.69, 9.17) is 4.84 Å². The van der Waals surface area contributed by atoms with Crippen molar-refractivity contribution in [3.63, 3.8) is 0 Å². The number of hydrogen-bond donors (Lipinski definition) is 1. The van der Waals surface area contributed by atoms with E-state index in [0.29, 0.717) is 23.5 Å². The Bertz CT molecular complexity index is 1650. The van der Waals surface area contributed by atoms with Crippen LogP contribution in [0, 0.1) is 0 Å². The average molecular weight is 643 g/mol. The largest absolute Gasteiger partial charge is 0.573 e. The molecule has 1 fully saturated rings. The molecular weight excluding hydrogens is 613 g/mol. The number of nitrogens with one attached hydrogen (secondary N) is 1. The summed E-state index contributed by atoms with van der Waals surface area (Å²) in [6.07, 6.45) is -1.45. The minimum Gasteiger partial charge on any atom is -0.406 e. The molecule has 0 spiro atoms. The summed E-state index contributed by atoms with van der Waals surface area (Å²) in [6, 6.07) is 19.3. The first-order chi connectivity index (χ1) is 21.6. The van der Waals surface area contributed by atoms with Crippen molar-refractivity contribution in [3.05, 3.63) is 103 Å². The Morgan fingerprint density at radius 2 is 1.47 bits per heavy atom. The van der Waals surface area contributed by atoms with Crippen LogP contribution in [0.4, 0.5) is 24.8 Å². The number of para-hydroxylation sites is 1. The van der Waals surface area contributed by atoms with E-state index in [1.165, 1.54) is 36.4 Å². The third kappa shape index (κ3) is 8.39. The number of sulfonamides is 1. The molecule has 0 unspecified atom stereocenters. The van der Waals surface area contributed by atoms with Crippen molar-refractivity contribution >= 4 is 27.6 Å². The predicted octanol–water partition coefficient (Wildman–Crippen LogP) is 4.12. The molecule has 1 N–H and O–H groups in total. The molecule has 2 heterocycles. The van der Waals surface area contributed by atoms with Gasteiger partial charge in [0.05, 0.1) is 10.6 Å². The molecule has 0 bridgehead atoms. The zero-order valence-corrected chi connectivity index (χ0v) is 24.6. The third-order valence-corrected chi connectivity index (χ3v) is 8.36. The predicted molar refractivity (Wildman–Crippen MR) is 159 cm³/mol. The van der Waals surface area contributed by atoms with Crippen LogP contribution in [0.15, 0.2) is 102 Å². The fourth-order valence-corrected chi connectivity index (χ4v) is 5.77. The van der Waals surface area contributed by atoms with E-state index in [0.717, 1.165) is 50.4 Å². The van der Waals surface area contributed by atoms with Crippen LogP contribution in [0.5, 0.6) is 11.5 Å². The number of hydrogen-bond acceptors (Lipinski definition) is 9. The van der Waals surface area contributed by atoms with E-state index in [9.17, 15) is 26.4 Å². The summed E-state index contributed by atoms with van der Waals surface area (Å²) in [7, 11) is -4.34. The molecule has 11 nitrogen and oxygen atoms in total. The first kappa shape index (κ1) is 31.5. The summed E-state index contributed by atoms with van der Waals surface area (Å²) < 4.78 is 69.4. The van der Waals surface area contributed by atoms with Crippen LogP contribution in [0.1, 0.15) is 10.4 Å². The van der Waals surface area contributed by atoms with Crippen LogP contribution < -0.4 is 24.3 Å². The van der Waals surface area contributed by atoms with E-state index < -0.39 is 22.1 Å². The fourth-order valence-electron chi connectivity index (χ4n) is 4.52. The molecule has 0 radical (unpaired) electrons. The minimum absolute atomic E-state index is 0.0530. The molecule has 15 heteroatoms. The van der Waals surface area contributed by atoms with E-state index in [-0.39, 0.29) is 27.8 Å². The Morgan fingerprint density at radius 1 is 0.844 bits per heavy atom. The summed E-state index contributed by atoms with van der Waals surface area (Å²) in [4.78, 5) is 31.1. The summed E-state index contributed by atoms with van der Waals surface area (Å²) in [5.41, 5.74) is 0.416. The van der Waals surface area contributed by atoms with Crippen molar-refractivity contribution in [2.75, 3.05) is 48.6 Å². The maximum atomic E-state index is 13.6. The molecular formula is C30H29F3N6O5S. The molecule has 1 aliphatic heterocycles. The number of nitrogens with zero attached hydrogens (tertiary/aromatic N) is 5. The van der Waals surface area contributed by atoms with Crippen molar-refractivity contribution in [1.82, 2.24) is 20.2 Å². The standard InChI is InChI=1S/C30H29F3N6O5S/c31-30(32,33)43-25-9-11-26(12-10-25)44-39(24-5-2-1-3-6-24)45(41,42)27-13-7-23(8-14-27)28(40)34-17-18-37-19-21-38(22-20-37)29-35-15-4-16-36-29/h1-16H,17-22H2,(H,34,40). The number of benzene rings is 3. The molecule has 0 atom stereocenters. The van der Waals surface area contributed by atoms with E-state index >= 15 is 0 Å². The Kier molecular flexibility index (Phi) is 9.68. The summed E-state index contributed by atoms with van der Waals surface area (Å²) in [5, 5.41) is 2.86. The molecule has 1 aliphatic rings. The minimum atomic E-state index is -4.88. The van der Waals surface area contributed by atoms with Gasteiger partial charge in [-0.15, -0.1) is 13.2 Å². The van der Waals surface area contributed by atoms with Crippen molar-refractivity contribution in [1.29, 1.82) is 0 Å². The molecule has 1 aromatic heterocycles. The lowest BCUT2D eigenvalue weighted by molar-refractivity contribution is -0.274. The van der Waals surface area contributed by atoms with Gasteiger partial charge >= 0.3 is 6.36 Å². The topological polar surface area (TPSA) is 117 Å².